The summed E-state index contributed by atoms with van der Waals surface area (Å²) < 4.78 is 45.6. The summed E-state index contributed by atoms with van der Waals surface area (Å²) in [6.07, 6.45) is -0.458. The van der Waals surface area contributed by atoms with E-state index in [0.717, 1.165) is 6.07 Å². The van der Waals surface area contributed by atoms with Gasteiger partial charge in [-0.15, -0.1) is 0 Å². The molecular formula is C24H22Cl2F3N7O3. The zero-order chi connectivity index (χ0) is 28.2. The first-order valence-electron chi connectivity index (χ1n) is 11.5. The number of carbonyl (C=O) groups is 2. The molecule has 0 radical (unpaired) electrons. The molecule has 206 valence electrons. The first-order valence-corrected chi connectivity index (χ1v) is 12.2. The van der Waals surface area contributed by atoms with Crippen molar-refractivity contribution >= 4 is 52.3 Å². The number of carbonyl (C=O) groups excluding carboxylic acids is 2. The maximum absolute atomic E-state index is 13.4. The molecule has 39 heavy (non-hydrogen) atoms. The van der Waals surface area contributed by atoms with Crippen molar-refractivity contribution in [3.8, 4) is 0 Å². The molecule has 3 heterocycles. The molecule has 1 aliphatic rings. The third-order valence-corrected chi connectivity index (χ3v) is 6.41. The van der Waals surface area contributed by atoms with Crippen molar-refractivity contribution in [2.45, 2.75) is 24.7 Å². The Morgan fingerprint density at radius 2 is 1.85 bits per heavy atom. The normalized spacial score (nSPS) is 17.0. The predicted molar refractivity (Wildman–Crippen MR) is 138 cm³/mol. The van der Waals surface area contributed by atoms with E-state index in [4.69, 9.17) is 27.9 Å². The summed E-state index contributed by atoms with van der Waals surface area (Å²) in [5.41, 5.74) is -1.89. The van der Waals surface area contributed by atoms with E-state index in [1.165, 1.54) is 36.8 Å². The number of anilines is 3. The molecule has 1 atom stereocenters. The standard InChI is InChI=1S/C24H22Cl2F3N7O3/c1-30-22-33-8-13(9-34-22)20(37)36-23(4-5-39-12-23)21(38)32-11-19-17(26)7-15(10-31-19)35-18-3-2-14(25)6-16(18)24(27,28)29/h2-3,6-10,35H,4-5,11-12H2,1H3,(H,32,38)(H,36,37)(H,30,33,34). The van der Waals surface area contributed by atoms with Crippen LogP contribution in [0.2, 0.25) is 10.0 Å². The van der Waals surface area contributed by atoms with Crippen LogP contribution in [0.25, 0.3) is 0 Å². The fourth-order valence-corrected chi connectivity index (χ4v) is 4.18. The molecule has 1 aromatic carbocycles. The highest BCUT2D eigenvalue weighted by molar-refractivity contribution is 6.31. The van der Waals surface area contributed by atoms with Crippen molar-refractivity contribution in [2.75, 3.05) is 30.9 Å². The molecule has 0 spiro atoms. The largest absolute Gasteiger partial charge is 0.418 e. The summed E-state index contributed by atoms with van der Waals surface area (Å²) in [6, 6.07) is 4.72. The van der Waals surface area contributed by atoms with E-state index in [-0.39, 0.29) is 58.9 Å². The maximum Gasteiger partial charge on any atom is 0.418 e. The average Bonchev–Trinajstić information content (AvgIpc) is 3.38. The number of alkyl halides is 3. The quantitative estimate of drug-likeness (QED) is 0.310. The Bertz CT molecular complexity index is 1370. The maximum atomic E-state index is 13.4. The van der Waals surface area contributed by atoms with Gasteiger partial charge in [-0.3, -0.25) is 14.6 Å². The molecule has 2 amide bonds. The van der Waals surface area contributed by atoms with Crippen LogP contribution in [0.5, 0.6) is 0 Å². The van der Waals surface area contributed by atoms with Gasteiger partial charge < -0.3 is 26.0 Å². The Morgan fingerprint density at radius 3 is 2.46 bits per heavy atom. The van der Waals surface area contributed by atoms with Crippen LogP contribution in [0, 0.1) is 0 Å². The lowest BCUT2D eigenvalue weighted by molar-refractivity contribution is -0.137. The highest BCUT2D eigenvalue weighted by atomic mass is 35.5. The van der Waals surface area contributed by atoms with Gasteiger partial charge in [-0.1, -0.05) is 23.2 Å². The van der Waals surface area contributed by atoms with Gasteiger partial charge in [-0.25, -0.2) is 9.97 Å². The van der Waals surface area contributed by atoms with Gasteiger partial charge in [0.1, 0.15) is 5.54 Å². The van der Waals surface area contributed by atoms with Crippen molar-refractivity contribution < 1.29 is 27.5 Å². The molecule has 3 aromatic rings. The first kappa shape index (κ1) is 28.3. The van der Waals surface area contributed by atoms with Crippen LogP contribution in [0.3, 0.4) is 0 Å². The Balaban J connectivity index is 1.43. The lowest BCUT2D eigenvalue weighted by Gasteiger charge is -2.27. The van der Waals surface area contributed by atoms with Gasteiger partial charge in [0.2, 0.25) is 11.9 Å². The second-order valence-electron chi connectivity index (χ2n) is 8.53. The van der Waals surface area contributed by atoms with E-state index in [9.17, 15) is 22.8 Å². The summed E-state index contributed by atoms with van der Waals surface area (Å²) in [7, 11) is 1.64. The van der Waals surface area contributed by atoms with E-state index in [1.807, 2.05) is 0 Å². The molecule has 2 aromatic heterocycles. The van der Waals surface area contributed by atoms with Crippen molar-refractivity contribution in [3.05, 3.63) is 69.7 Å². The number of benzene rings is 1. The highest BCUT2D eigenvalue weighted by Crippen LogP contribution is 2.38. The molecule has 1 unspecified atom stereocenters. The predicted octanol–water partition coefficient (Wildman–Crippen LogP) is 4.19. The summed E-state index contributed by atoms with van der Waals surface area (Å²) >= 11 is 12.0. The lowest BCUT2D eigenvalue weighted by Crippen LogP contribution is -2.59. The van der Waals surface area contributed by atoms with Crippen LogP contribution in [-0.2, 0) is 22.3 Å². The van der Waals surface area contributed by atoms with Crippen LogP contribution in [0.4, 0.5) is 30.5 Å². The number of amides is 2. The Morgan fingerprint density at radius 1 is 1.10 bits per heavy atom. The second-order valence-corrected chi connectivity index (χ2v) is 9.38. The van der Waals surface area contributed by atoms with Crippen LogP contribution >= 0.6 is 23.2 Å². The third kappa shape index (κ3) is 6.67. The molecule has 10 nitrogen and oxygen atoms in total. The molecule has 1 fully saturated rings. The average molecular weight is 584 g/mol. The fraction of sp³-hybridized carbons (Fsp3) is 0.292. The Labute approximate surface area is 230 Å². The second kappa shape index (κ2) is 11.6. The van der Waals surface area contributed by atoms with Gasteiger partial charge in [-0.05, 0) is 24.3 Å². The van der Waals surface area contributed by atoms with Crippen molar-refractivity contribution in [1.82, 2.24) is 25.6 Å². The van der Waals surface area contributed by atoms with Crippen molar-refractivity contribution in [1.29, 1.82) is 0 Å². The number of halogens is 5. The molecule has 4 rings (SSSR count). The topological polar surface area (TPSA) is 130 Å². The molecule has 1 aliphatic heterocycles. The number of rotatable bonds is 8. The van der Waals surface area contributed by atoms with Crippen LogP contribution in [0.1, 0.15) is 28.0 Å². The Hall–Kier alpha value is -3.68. The third-order valence-electron chi connectivity index (χ3n) is 5.85. The van der Waals surface area contributed by atoms with Gasteiger partial charge in [0, 0.05) is 37.5 Å². The van der Waals surface area contributed by atoms with Crippen molar-refractivity contribution in [3.63, 3.8) is 0 Å². The van der Waals surface area contributed by atoms with E-state index in [1.54, 1.807) is 7.05 Å². The number of pyridine rings is 1. The molecule has 15 heteroatoms. The molecule has 1 saturated heterocycles. The van der Waals surface area contributed by atoms with Crippen LogP contribution in [-0.4, -0.2) is 52.6 Å². The monoisotopic (exact) mass is 583 g/mol. The minimum absolute atomic E-state index is 0.0489. The number of hydrogen-bond donors (Lipinski definition) is 4. The zero-order valence-electron chi connectivity index (χ0n) is 20.3. The van der Waals surface area contributed by atoms with Crippen LogP contribution in [0.15, 0.2) is 42.9 Å². The first-order chi connectivity index (χ1) is 18.5. The van der Waals surface area contributed by atoms with Crippen molar-refractivity contribution in [2.24, 2.45) is 0 Å². The Kier molecular flexibility index (Phi) is 8.42. The smallest absolute Gasteiger partial charge is 0.378 e. The summed E-state index contributed by atoms with van der Waals surface area (Å²) in [4.78, 5) is 38.1. The minimum Gasteiger partial charge on any atom is -0.378 e. The van der Waals surface area contributed by atoms with E-state index in [0.29, 0.717) is 5.95 Å². The van der Waals surface area contributed by atoms with Gasteiger partial charge in [0.15, 0.2) is 0 Å². The molecule has 0 saturated carbocycles. The van der Waals surface area contributed by atoms with Gasteiger partial charge in [0.25, 0.3) is 5.91 Å². The van der Waals surface area contributed by atoms with Gasteiger partial charge >= 0.3 is 6.18 Å². The van der Waals surface area contributed by atoms with E-state index in [2.05, 4.69) is 36.2 Å². The fourth-order valence-electron chi connectivity index (χ4n) is 3.78. The summed E-state index contributed by atoms with van der Waals surface area (Å²) in [6.45, 7) is 0.101. The van der Waals surface area contributed by atoms with Gasteiger partial charge in [-0.2, -0.15) is 13.2 Å². The van der Waals surface area contributed by atoms with E-state index < -0.39 is 29.1 Å². The van der Waals surface area contributed by atoms with E-state index >= 15 is 0 Å². The number of ether oxygens (including phenoxy) is 1. The van der Waals surface area contributed by atoms with Gasteiger partial charge in [0.05, 0.1) is 52.6 Å². The molecule has 0 aliphatic carbocycles. The number of hydrogen-bond acceptors (Lipinski definition) is 8. The number of nitrogens with one attached hydrogen (secondary N) is 4. The zero-order valence-corrected chi connectivity index (χ0v) is 21.8. The highest BCUT2D eigenvalue weighted by Gasteiger charge is 2.44. The molecule has 0 bridgehead atoms. The molecular weight excluding hydrogens is 562 g/mol. The SMILES string of the molecule is CNc1ncc(C(=O)NC2(C(=O)NCc3ncc(Nc4ccc(Cl)cc4C(F)(F)F)cc3Cl)CCOC2)cn1. The number of aromatic nitrogens is 3. The minimum atomic E-state index is -4.63. The number of nitrogens with zero attached hydrogens (tertiary/aromatic N) is 3. The lowest BCUT2D eigenvalue weighted by atomic mass is 9.96. The molecule has 4 N–H and O–H groups in total. The summed E-state index contributed by atoms with van der Waals surface area (Å²) in [5, 5.41) is 10.8. The summed E-state index contributed by atoms with van der Waals surface area (Å²) in [5.74, 6) is -0.731. The van der Waals surface area contributed by atoms with Crippen LogP contribution < -0.4 is 21.3 Å².